The third-order valence-electron chi connectivity index (χ3n) is 3.77. The first-order chi connectivity index (χ1) is 6.86. The number of halogens is 1. The standard InChI is InChI=1S/C12H14BrN/c13-12-4-2-1-3-9(12)10-5-8-6-14-7-11(8)10/h1-4,8,10-11,14H,5-7H2. The lowest BCUT2D eigenvalue weighted by Gasteiger charge is -2.40. The molecule has 0 amide bonds. The van der Waals surface area contributed by atoms with Crippen LogP contribution in [0.3, 0.4) is 0 Å². The first kappa shape index (κ1) is 8.93. The molecule has 74 valence electrons. The monoisotopic (exact) mass is 251 g/mol. The molecule has 3 rings (SSSR count). The summed E-state index contributed by atoms with van der Waals surface area (Å²) in [5, 5.41) is 3.49. The van der Waals surface area contributed by atoms with E-state index in [9.17, 15) is 0 Å². The fourth-order valence-corrected chi connectivity index (χ4v) is 3.50. The average Bonchev–Trinajstić information content (AvgIpc) is 2.52. The van der Waals surface area contributed by atoms with Gasteiger partial charge in [-0.25, -0.2) is 0 Å². The smallest absolute Gasteiger partial charge is 0.0210 e. The topological polar surface area (TPSA) is 12.0 Å². The third-order valence-corrected chi connectivity index (χ3v) is 4.49. The number of benzene rings is 1. The molecule has 2 heteroatoms. The quantitative estimate of drug-likeness (QED) is 0.810. The van der Waals surface area contributed by atoms with Crippen LogP contribution in [0.25, 0.3) is 0 Å². The zero-order valence-electron chi connectivity index (χ0n) is 8.04. The van der Waals surface area contributed by atoms with Gasteiger partial charge in [0.15, 0.2) is 0 Å². The maximum absolute atomic E-state index is 3.65. The molecule has 1 nitrogen and oxygen atoms in total. The molecule has 0 spiro atoms. The summed E-state index contributed by atoms with van der Waals surface area (Å²) in [7, 11) is 0. The van der Waals surface area contributed by atoms with Crippen LogP contribution in [0, 0.1) is 11.8 Å². The van der Waals surface area contributed by atoms with Gasteiger partial charge in [-0.3, -0.25) is 0 Å². The van der Waals surface area contributed by atoms with E-state index in [0.29, 0.717) is 0 Å². The van der Waals surface area contributed by atoms with Crippen LogP contribution in [0.5, 0.6) is 0 Å². The van der Waals surface area contributed by atoms with Gasteiger partial charge in [-0.2, -0.15) is 0 Å². The third kappa shape index (κ3) is 1.24. The van der Waals surface area contributed by atoms with E-state index >= 15 is 0 Å². The zero-order valence-corrected chi connectivity index (χ0v) is 9.63. The van der Waals surface area contributed by atoms with Crippen molar-refractivity contribution in [2.24, 2.45) is 11.8 Å². The molecule has 1 aliphatic carbocycles. The average molecular weight is 252 g/mol. The fourth-order valence-electron chi connectivity index (χ4n) is 2.92. The van der Waals surface area contributed by atoms with E-state index in [2.05, 4.69) is 45.5 Å². The maximum atomic E-state index is 3.65. The summed E-state index contributed by atoms with van der Waals surface area (Å²) in [4.78, 5) is 0. The largest absolute Gasteiger partial charge is 0.316 e. The van der Waals surface area contributed by atoms with Gasteiger partial charge in [-0.05, 0) is 48.9 Å². The lowest BCUT2D eigenvalue weighted by molar-refractivity contribution is 0.190. The molecule has 1 N–H and O–H groups in total. The van der Waals surface area contributed by atoms with E-state index in [1.54, 1.807) is 0 Å². The Morgan fingerprint density at radius 2 is 2.07 bits per heavy atom. The Kier molecular flexibility index (Phi) is 2.14. The van der Waals surface area contributed by atoms with Crippen LogP contribution in [-0.4, -0.2) is 13.1 Å². The van der Waals surface area contributed by atoms with Crippen molar-refractivity contribution in [1.29, 1.82) is 0 Å². The number of fused-ring (bicyclic) bond motifs is 1. The van der Waals surface area contributed by atoms with Crippen molar-refractivity contribution in [1.82, 2.24) is 5.32 Å². The minimum absolute atomic E-state index is 0.797. The highest BCUT2D eigenvalue weighted by Crippen LogP contribution is 2.50. The van der Waals surface area contributed by atoms with Crippen LogP contribution in [-0.2, 0) is 0 Å². The molecule has 1 aliphatic heterocycles. The Hall–Kier alpha value is -0.340. The van der Waals surface area contributed by atoms with Gasteiger partial charge in [-0.15, -0.1) is 0 Å². The number of hydrogen-bond acceptors (Lipinski definition) is 1. The van der Waals surface area contributed by atoms with Crippen molar-refractivity contribution in [3.63, 3.8) is 0 Å². The molecule has 0 aromatic heterocycles. The summed E-state index contributed by atoms with van der Waals surface area (Å²) in [5.74, 6) is 2.64. The second-order valence-corrected chi connectivity index (χ2v) is 5.30. The minimum atomic E-state index is 0.797. The van der Waals surface area contributed by atoms with Crippen molar-refractivity contribution in [3.8, 4) is 0 Å². The first-order valence-electron chi connectivity index (χ1n) is 5.31. The Bertz CT molecular complexity index is 350. The summed E-state index contributed by atoms with van der Waals surface area (Å²) in [6.07, 6.45) is 1.38. The number of rotatable bonds is 1. The fraction of sp³-hybridized carbons (Fsp3) is 0.500. The normalized spacial score (nSPS) is 35.1. The van der Waals surface area contributed by atoms with Gasteiger partial charge < -0.3 is 5.32 Å². The van der Waals surface area contributed by atoms with Crippen LogP contribution in [0.15, 0.2) is 28.7 Å². The molecular weight excluding hydrogens is 238 g/mol. The molecule has 3 unspecified atom stereocenters. The van der Waals surface area contributed by atoms with Crippen molar-refractivity contribution < 1.29 is 0 Å². The van der Waals surface area contributed by atoms with Crippen LogP contribution in [0.1, 0.15) is 17.9 Å². The SMILES string of the molecule is Brc1ccccc1C1CC2CNCC21. The summed E-state index contributed by atoms with van der Waals surface area (Å²) < 4.78 is 1.29. The predicted octanol–water partition coefficient (Wildman–Crippen LogP) is 2.77. The lowest BCUT2D eigenvalue weighted by Crippen LogP contribution is -2.33. The maximum Gasteiger partial charge on any atom is 0.0210 e. The second kappa shape index (κ2) is 3.35. The van der Waals surface area contributed by atoms with Crippen molar-refractivity contribution in [3.05, 3.63) is 34.3 Å². The molecule has 1 heterocycles. The summed E-state index contributed by atoms with van der Waals surface area (Å²) in [6.45, 7) is 2.46. The van der Waals surface area contributed by atoms with E-state index in [0.717, 1.165) is 17.8 Å². The molecule has 1 saturated heterocycles. The van der Waals surface area contributed by atoms with E-state index < -0.39 is 0 Å². The van der Waals surface area contributed by atoms with Gasteiger partial charge in [-0.1, -0.05) is 34.1 Å². The van der Waals surface area contributed by atoms with Crippen LogP contribution in [0.2, 0.25) is 0 Å². The van der Waals surface area contributed by atoms with Crippen molar-refractivity contribution >= 4 is 15.9 Å². The second-order valence-electron chi connectivity index (χ2n) is 4.45. The number of hydrogen-bond donors (Lipinski definition) is 1. The first-order valence-corrected chi connectivity index (χ1v) is 6.10. The molecule has 2 aliphatic rings. The van der Waals surface area contributed by atoms with Crippen LogP contribution >= 0.6 is 15.9 Å². The van der Waals surface area contributed by atoms with E-state index in [-0.39, 0.29) is 0 Å². The highest BCUT2D eigenvalue weighted by Gasteiger charge is 2.44. The van der Waals surface area contributed by atoms with Crippen LogP contribution in [0.4, 0.5) is 0 Å². The molecule has 1 aromatic rings. The molecule has 1 saturated carbocycles. The molecule has 2 fully saturated rings. The van der Waals surface area contributed by atoms with Gasteiger partial charge in [0.05, 0.1) is 0 Å². The highest BCUT2D eigenvalue weighted by molar-refractivity contribution is 9.10. The van der Waals surface area contributed by atoms with E-state index in [1.165, 1.54) is 29.5 Å². The Morgan fingerprint density at radius 3 is 2.86 bits per heavy atom. The predicted molar refractivity (Wildman–Crippen MR) is 61.3 cm³/mol. The summed E-state index contributed by atoms with van der Waals surface area (Å²) in [6, 6.07) is 8.67. The van der Waals surface area contributed by atoms with Gasteiger partial charge in [0.2, 0.25) is 0 Å². The molecule has 3 atom stereocenters. The van der Waals surface area contributed by atoms with Gasteiger partial charge in [0.25, 0.3) is 0 Å². The zero-order chi connectivity index (χ0) is 9.54. The van der Waals surface area contributed by atoms with Crippen LogP contribution < -0.4 is 5.32 Å². The highest BCUT2D eigenvalue weighted by atomic mass is 79.9. The van der Waals surface area contributed by atoms with E-state index in [4.69, 9.17) is 0 Å². The molecule has 14 heavy (non-hydrogen) atoms. The van der Waals surface area contributed by atoms with Crippen molar-refractivity contribution in [2.75, 3.05) is 13.1 Å². The lowest BCUT2D eigenvalue weighted by atomic mass is 9.64. The van der Waals surface area contributed by atoms with Gasteiger partial charge in [0.1, 0.15) is 0 Å². The molecule has 0 radical (unpaired) electrons. The minimum Gasteiger partial charge on any atom is -0.316 e. The Morgan fingerprint density at radius 1 is 1.21 bits per heavy atom. The Balaban J connectivity index is 1.87. The van der Waals surface area contributed by atoms with Gasteiger partial charge in [0, 0.05) is 4.47 Å². The molecular formula is C12H14BrN. The molecule has 0 bridgehead atoms. The summed E-state index contributed by atoms with van der Waals surface area (Å²) >= 11 is 3.65. The number of nitrogens with one attached hydrogen (secondary N) is 1. The van der Waals surface area contributed by atoms with Crippen molar-refractivity contribution in [2.45, 2.75) is 12.3 Å². The van der Waals surface area contributed by atoms with E-state index in [1.807, 2.05) is 0 Å². The molecule has 1 aromatic carbocycles. The van der Waals surface area contributed by atoms with Gasteiger partial charge >= 0.3 is 0 Å². The Labute approximate surface area is 93.0 Å². The summed E-state index contributed by atoms with van der Waals surface area (Å²) in [5.41, 5.74) is 1.51.